The first kappa shape index (κ1) is 16.1. The molecule has 0 radical (unpaired) electrons. The van der Waals surface area contributed by atoms with E-state index in [1.54, 1.807) is 13.0 Å². The van der Waals surface area contributed by atoms with Crippen molar-refractivity contribution in [1.82, 2.24) is 15.5 Å². The Bertz CT molecular complexity index is 475. The standard InChI is InChI=1S/C14H21N3O3/c1-3-12-11(9-10(2)16-17-12)14(20)15-8-6-4-5-7-13(18)19/h9H,3-8H2,1-2H3,(H,15,20)(H,18,19). The fourth-order valence-electron chi connectivity index (χ4n) is 1.85. The summed E-state index contributed by atoms with van der Waals surface area (Å²) in [7, 11) is 0. The van der Waals surface area contributed by atoms with E-state index >= 15 is 0 Å². The van der Waals surface area contributed by atoms with Gasteiger partial charge in [-0.1, -0.05) is 13.3 Å². The summed E-state index contributed by atoms with van der Waals surface area (Å²) in [4.78, 5) is 22.4. The maximum absolute atomic E-state index is 12.0. The Labute approximate surface area is 118 Å². The molecule has 2 N–H and O–H groups in total. The number of rotatable bonds is 8. The first-order valence-electron chi connectivity index (χ1n) is 6.87. The minimum absolute atomic E-state index is 0.141. The molecule has 0 aliphatic carbocycles. The van der Waals surface area contributed by atoms with E-state index in [-0.39, 0.29) is 12.3 Å². The summed E-state index contributed by atoms with van der Waals surface area (Å²) in [5, 5.41) is 19.3. The van der Waals surface area contributed by atoms with Crippen LogP contribution >= 0.6 is 0 Å². The molecule has 20 heavy (non-hydrogen) atoms. The lowest BCUT2D eigenvalue weighted by Gasteiger charge is -2.08. The van der Waals surface area contributed by atoms with Gasteiger partial charge >= 0.3 is 5.97 Å². The first-order valence-corrected chi connectivity index (χ1v) is 6.87. The summed E-state index contributed by atoms with van der Waals surface area (Å²) in [6.45, 7) is 4.28. The number of aliphatic carboxylic acids is 1. The number of unbranched alkanes of at least 4 members (excludes halogenated alkanes) is 2. The summed E-state index contributed by atoms with van der Waals surface area (Å²) in [5.41, 5.74) is 1.98. The Hall–Kier alpha value is -1.98. The number of carboxylic acid groups (broad SMARTS) is 1. The molecule has 1 amide bonds. The Morgan fingerprint density at radius 2 is 2.00 bits per heavy atom. The largest absolute Gasteiger partial charge is 0.481 e. The van der Waals surface area contributed by atoms with Crippen molar-refractivity contribution in [3.05, 3.63) is 23.0 Å². The monoisotopic (exact) mass is 279 g/mol. The fraction of sp³-hybridized carbons (Fsp3) is 0.571. The number of nitrogens with one attached hydrogen (secondary N) is 1. The third kappa shape index (κ3) is 5.34. The number of nitrogens with zero attached hydrogens (tertiary/aromatic N) is 2. The lowest BCUT2D eigenvalue weighted by molar-refractivity contribution is -0.137. The molecule has 0 fully saturated rings. The molecule has 1 rings (SSSR count). The van der Waals surface area contributed by atoms with E-state index in [9.17, 15) is 9.59 Å². The third-order valence-corrected chi connectivity index (χ3v) is 2.93. The topological polar surface area (TPSA) is 92.2 Å². The van der Waals surface area contributed by atoms with Gasteiger partial charge in [-0.25, -0.2) is 0 Å². The van der Waals surface area contributed by atoms with E-state index in [0.717, 1.165) is 12.8 Å². The molecule has 1 heterocycles. The van der Waals surface area contributed by atoms with E-state index in [0.29, 0.717) is 36.3 Å². The van der Waals surface area contributed by atoms with Crippen LogP contribution in [0.2, 0.25) is 0 Å². The molecule has 0 aliphatic heterocycles. The molecule has 0 unspecified atom stereocenters. The highest BCUT2D eigenvalue weighted by Gasteiger charge is 2.12. The molecule has 0 bridgehead atoms. The van der Waals surface area contributed by atoms with Crippen LogP contribution in [0, 0.1) is 6.92 Å². The van der Waals surface area contributed by atoms with Gasteiger partial charge in [-0.3, -0.25) is 9.59 Å². The van der Waals surface area contributed by atoms with Crippen LogP contribution in [0.25, 0.3) is 0 Å². The number of hydrogen-bond acceptors (Lipinski definition) is 4. The van der Waals surface area contributed by atoms with Crippen molar-refractivity contribution in [2.45, 2.75) is 46.0 Å². The lowest BCUT2D eigenvalue weighted by Crippen LogP contribution is -2.26. The fourth-order valence-corrected chi connectivity index (χ4v) is 1.85. The highest BCUT2D eigenvalue weighted by Crippen LogP contribution is 2.07. The molecule has 110 valence electrons. The first-order chi connectivity index (χ1) is 9.54. The molecule has 0 saturated heterocycles. The minimum atomic E-state index is -0.778. The summed E-state index contributed by atoms with van der Waals surface area (Å²) in [6.07, 6.45) is 3.05. The maximum atomic E-state index is 12.0. The summed E-state index contributed by atoms with van der Waals surface area (Å²) < 4.78 is 0. The van der Waals surface area contributed by atoms with Gasteiger partial charge in [0, 0.05) is 13.0 Å². The SMILES string of the molecule is CCc1nnc(C)cc1C(=O)NCCCCCC(=O)O. The van der Waals surface area contributed by atoms with Crippen LogP contribution in [-0.2, 0) is 11.2 Å². The molecule has 1 aromatic heterocycles. The van der Waals surface area contributed by atoms with Crippen molar-refractivity contribution in [2.24, 2.45) is 0 Å². The minimum Gasteiger partial charge on any atom is -0.481 e. The van der Waals surface area contributed by atoms with Crippen molar-refractivity contribution in [2.75, 3.05) is 6.54 Å². The van der Waals surface area contributed by atoms with Crippen LogP contribution in [-0.4, -0.2) is 33.7 Å². The van der Waals surface area contributed by atoms with Crippen molar-refractivity contribution in [3.63, 3.8) is 0 Å². The Kier molecular flexibility index (Phi) is 6.63. The second-order valence-corrected chi connectivity index (χ2v) is 4.66. The molecule has 0 saturated carbocycles. The number of aryl methyl sites for hydroxylation is 2. The Morgan fingerprint density at radius 3 is 2.65 bits per heavy atom. The molecular formula is C14H21N3O3. The Balaban J connectivity index is 2.39. The smallest absolute Gasteiger partial charge is 0.303 e. The molecule has 1 aromatic rings. The molecule has 6 nitrogen and oxygen atoms in total. The Morgan fingerprint density at radius 1 is 1.25 bits per heavy atom. The predicted octanol–water partition coefficient (Wildman–Crippen LogP) is 1.72. The predicted molar refractivity (Wildman–Crippen MR) is 74.6 cm³/mol. The van der Waals surface area contributed by atoms with Gasteiger partial charge in [0.1, 0.15) is 0 Å². The zero-order valence-corrected chi connectivity index (χ0v) is 12.0. The van der Waals surface area contributed by atoms with Gasteiger partial charge < -0.3 is 10.4 Å². The van der Waals surface area contributed by atoms with Crippen LogP contribution in [0.15, 0.2) is 6.07 Å². The van der Waals surface area contributed by atoms with Gasteiger partial charge in [-0.15, -0.1) is 0 Å². The van der Waals surface area contributed by atoms with Crippen molar-refractivity contribution >= 4 is 11.9 Å². The van der Waals surface area contributed by atoms with Crippen LogP contribution in [0.4, 0.5) is 0 Å². The molecule has 0 spiro atoms. The van der Waals surface area contributed by atoms with E-state index < -0.39 is 5.97 Å². The van der Waals surface area contributed by atoms with Crippen molar-refractivity contribution in [1.29, 1.82) is 0 Å². The van der Waals surface area contributed by atoms with Crippen LogP contribution < -0.4 is 5.32 Å². The maximum Gasteiger partial charge on any atom is 0.303 e. The van der Waals surface area contributed by atoms with Crippen LogP contribution in [0.5, 0.6) is 0 Å². The zero-order valence-electron chi connectivity index (χ0n) is 12.0. The molecule has 0 atom stereocenters. The number of carboxylic acids is 1. The quantitative estimate of drug-likeness (QED) is 0.707. The molecule has 0 aromatic carbocycles. The number of carbonyl (C=O) groups is 2. The van der Waals surface area contributed by atoms with Gasteiger partial charge in [0.2, 0.25) is 0 Å². The van der Waals surface area contributed by atoms with Crippen LogP contribution in [0.1, 0.15) is 54.4 Å². The molecular weight excluding hydrogens is 258 g/mol. The molecule has 0 aliphatic rings. The van der Waals surface area contributed by atoms with Gasteiger partial charge in [0.15, 0.2) is 0 Å². The summed E-state index contributed by atoms with van der Waals surface area (Å²) in [6, 6.07) is 1.74. The molecule has 6 heteroatoms. The van der Waals surface area contributed by atoms with E-state index in [2.05, 4.69) is 15.5 Å². The summed E-state index contributed by atoms with van der Waals surface area (Å²) >= 11 is 0. The van der Waals surface area contributed by atoms with Crippen molar-refractivity contribution in [3.8, 4) is 0 Å². The normalized spacial score (nSPS) is 10.3. The van der Waals surface area contributed by atoms with E-state index in [1.165, 1.54) is 0 Å². The summed E-state index contributed by atoms with van der Waals surface area (Å²) in [5.74, 6) is -0.918. The third-order valence-electron chi connectivity index (χ3n) is 2.93. The number of aromatic nitrogens is 2. The van der Waals surface area contributed by atoms with Gasteiger partial charge in [0.05, 0.1) is 17.0 Å². The zero-order chi connectivity index (χ0) is 15.0. The lowest BCUT2D eigenvalue weighted by atomic mass is 10.1. The van der Waals surface area contributed by atoms with E-state index in [1.807, 2.05) is 6.92 Å². The highest BCUT2D eigenvalue weighted by atomic mass is 16.4. The van der Waals surface area contributed by atoms with Crippen molar-refractivity contribution < 1.29 is 14.7 Å². The number of amides is 1. The average molecular weight is 279 g/mol. The van der Waals surface area contributed by atoms with Gasteiger partial charge in [-0.2, -0.15) is 10.2 Å². The number of hydrogen-bond donors (Lipinski definition) is 2. The highest BCUT2D eigenvalue weighted by molar-refractivity contribution is 5.95. The van der Waals surface area contributed by atoms with Gasteiger partial charge in [-0.05, 0) is 32.3 Å². The average Bonchev–Trinajstić information content (AvgIpc) is 2.42. The van der Waals surface area contributed by atoms with Crippen LogP contribution in [0.3, 0.4) is 0 Å². The van der Waals surface area contributed by atoms with E-state index in [4.69, 9.17) is 5.11 Å². The number of carbonyl (C=O) groups excluding carboxylic acids is 1. The van der Waals surface area contributed by atoms with Gasteiger partial charge in [0.25, 0.3) is 5.91 Å². The second kappa shape index (κ2) is 8.24. The second-order valence-electron chi connectivity index (χ2n) is 4.66.